The number of carbonyl (C=O) groups excluding carboxylic acids is 1. The Balaban J connectivity index is 1.73. The van der Waals surface area contributed by atoms with Crippen molar-refractivity contribution >= 4 is 23.5 Å². The molecule has 2 aromatic rings. The van der Waals surface area contributed by atoms with Gasteiger partial charge >= 0.3 is 12.1 Å². The number of aryl methyl sites for hydroxylation is 1. The van der Waals surface area contributed by atoms with Gasteiger partial charge in [-0.2, -0.15) is 18.3 Å². The van der Waals surface area contributed by atoms with Crippen LogP contribution in [0.1, 0.15) is 22.4 Å². The summed E-state index contributed by atoms with van der Waals surface area (Å²) in [7, 11) is 0. The summed E-state index contributed by atoms with van der Waals surface area (Å²) in [4.78, 5) is 17.1. The number of aromatic nitrogens is 1. The molecule has 27 heavy (non-hydrogen) atoms. The molecular weight excluding hydrogens is 379 g/mol. The van der Waals surface area contributed by atoms with Crippen LogP contribution < -0.4 is 0 Å². The molecule has 144 valence electrons. The fraction of sp³-hybridized carbons (Fsp3) is 0.389. The van der Waals surface area contributed by atoms with Gasteiger partial charge in [-0.1, -0.05) is 12.1 Å². The molecule has 1 atom stereocenters. The lowest BCUT2D eigenvalue weighted by Gasteiger charge is -2.13. The number of ether oxygens (including phenoxy) is 1. The van der Waals surface area contributed by atoms with Crippen molar-refractivity contribution in [1.82, 2.24) is 9.99 Å². The van der Waals surface area contributed by atoms with Crippen molar-refractivity contribution < 1.29 is 22.7 Å². The van der Waals surface area contributed by atoms with Gasteiger partial charge in [0.15, 0.2) is 0 Å². The second-order valence-electron chi connectivity index (χ2n) is 6.06. The Morgan fingerprint density at radius 3 is 2.89 bits per heavy atom. The highest BCUT2D eigenvalue weighted by atomic mass is 32.1. The van der Waals surface area contributed by atoms with E-state index < -0.39 is 17.7 Å². The third kappa shape index (κ3) is 4.47. The number of hydrazone groups is 1. The normalized spacial score (nSPS) is 16.8. The predicted octanol–water partition coefficient (Wildman–Crippen LogP) is 4.12. The first-order valence-corrected chi connectivity index (χ1v) is 9.19. The van der Waals surface area contributed by atoms with Crippen molar-refractivity contribution in [2.75, 3.05) is 13.2 Å². The number of alkyl halides is 3. The zero-order chi connectivity index (χ0) is 19.6. The molecule has 1 aromatic carbocycles. The van der Waals surface area contributed by atoms with Gasteiger partial charge in [0.2, 0.25) is 0 Å². The van der Waals surface area contributed by atoms with Crippen LogP contribution in [0.3, 0.4) is 0 Å². The average molecular weight is 397 g/mol. The first-order chi connectivity index (χ1) is 12.8. The molecule has 2 heterocycles. The molecule has 1 unspecified atom stereocenters. The van der Waals surface area contributed by atoms with Crippen LogP contribution in [0.15, 0.2) is 29.4 Å². The molecule has 1 aliphatic rings. The molecule has 5 nitrogen and oxygen atoms in total. The number of benzene rings is 1. The van der Waals surface area contributed by atoms with E-state index >= 15 is 0 Å². The van der Waals surface area contributed by atoms with E-state index in [2.05, 4.69) is 10.1 Å². The van der Waals surface area contributed by atoms with E-state index in [1.54, 1.807) is 24.2 Å². The Morgan fingerprint density at radius 2 is 2.19 bits per heavy atom. The first-order valence-electron chi connectivity index (χ1n) is 8.37. The minimum Gasteiger partial charge on any atom is -0.465 e. The number of rotatable bonds is 5. The topological polar surface area (TPSA) is 54.8 Å². The second kappa shape index (κ2) is 7.67. The molecule has 0 amide bonds. The number of hydrogen-bond donors (Lipinski definition) is 0. The van der Waals surface area contributed by atoms with E-state index in [9.17, 15) is 18.0 Å². The molecule has 0 fully saturated rings. The lowest BCUT2D eigenvalue weighted by atomic mass is 10.1. The fourth-order valence-corrected chi connectivity index (χ4v) is 3.74. The highest BCUT2D eigenvalue weighted by Crippen LogP contribution is 2.34. The van der Waals surface area contributed by atoms with E-state index in [0.29, 0.717) is 31.0 Å². The summed E-state index contributed by atoms with van der Waals surface area (Å²) in [6, 6.07) is 5.15. The van der Waals surface area contributed by atoms with Crippen molar-refractivity contribution in [2.24, 2.45) is 11.0 Å². The summed E-state index contributed by atoms with van der Waals surface area (Å²) in [5.41, 5.74) is 0.265. The van der Waals surface area contributed by atoms with Crippen LogP contribution in [0.25, 0.3) is 11.3 Å². The van der Waals surface area contributed by atoms with Crippen LogP contribution >= 0.6 is 11.3 Å². The number of thiazole rings is 1. The highest BCUT2D eigenvalue weighted by Gasteiger charge is 2.31. The van der Waals surface area contributed by atoms with Crippen molar-refractivity contribution in [1.29, 1.82) is 0 Å². The Kier molecular flexibility index (Phi) is 5.50. The largest absolute Gasteiger partial charge is 0.465 e. The first kappa shape index (κ1) is 19.3. The van der Waals surface area contributed by atoms with E-state index in [-0.39, 0.29) is 5.97 Å². The van der Waals surface area contributed by atoms with Gasteiger partial charge in [0, 0.05) is 16.7 Å². The molecule has 1 aliphatic heterocycles. The summed E-state index contributed by atoms with van der Waals surface area (Å²) in [5.74, 6) is -0.724. The molecule has 0 radical (unpaired) electrons. The maximum atomic E-state index is 12.9. The SMILES string of the molecule is CCOC(=O)C1C=NN(Cc2nc(-c3cccc(C(F)(F)F)c3)c(C)s2)C1. The smallest absolute Gasteiger partial charge is 0.416 e. The Morgan fingerprint density at radius 1 is 1.41 bits per heavy atom. The molecule has 0 bridgehead atoms. The molecule has 0 saturated heterocycles. The summed E-state index contributed by atoms with van der Waals surface area (Å²) in [5, 5.41) is 6.63. The maximum absolute atomic E-state index is 12.9. The summed E-state index contributed by atoms with van der Waals surface area (Å²) < 4.78 is 43.8. The van der Waals surface area contributed by atoms with Crippen LogP contribution in [-0.2, 0) is 22.3 Å². The Labute approximate surface area is 158 Å². The van der Waals surface area contributed by atoms with E-state index in [4.69, 9.17) is 4.74 Å². The molecule has 0 spiro atoms. The summed E-state index contributed by atoms with van der Waals surface area (Å²) in [6.45, 7) is 4.67. The van der Waals surface area contributed by atoms with Crippen LogP contribution in [0.4, 0.5) is 13.2 Å². The number of carbonyl (C=O) groups is 1. The van der Waals surface area contributed by atoms with Crippen molar-refractivity contribution in [2.45, 2.75) is 26.6 Å². The fourth-order valence-electron chi connectivity index (χ4n) is 2.77. The third-order valence-corrected chi connectivity index (χ3v) is 4.98. The number of nitrogens with zero attached hydrogens (tertiary/aromatic N) is 3. The Hall–Kier alpha value is -2.42. The van der Waals surface area contributed by atoms with Crippen molar-refractivity contribution in [3.63, 3.8) is 0 Å². The van der Waals surface area contributed by atoms with Crippen LogP contribution in [0.2, 0.25) is 0 Å². The minimum absolute atomic E-state index is 0.315. The summed E-state index contributed by atoms with van der Waals surface area (Å²) >= 11 is 1.41. The average Bonchev–Trinajstić information content (AvgIpc) is 3.21. The van der Waals surface area contributed by atoms with Crippen LogP contribution in [0.5, 0.6) is 0 Å². The van der Waals surface area contributed by atoms with E-state index in [1.807, 2.05) is 6.92 Å². The molecule has 9 heteroatoms. The minimum atomic E-state index is -4.39. The Bertz CT molecular complexity index is 864. The number of halogens is 3. The van der Waals surface area contributed by atoms with Gasteiger partial charge in [-0.15, -0.1) is 11.3 Å². The highest BCUT2D eigenvalue weighted by molar-refractivity contribution is 7.12. The van der Waals surface area contributed by atoms with Gasteiger partial charge in [-0.3, -0.25) is 9.80 Å². The molecule has 3 rings (SSSR count). The number of esters is 1. The number of hydrogen-bond acceptors (Lipinski definition) is 6. The van der Waals surface area contributed by atoms with E-state index in [0.717, 1.165) is 22.0 Å². The quantitative estimate of drug-likeness (QED) is 0.713. The molecule has 0 saturated carbocycles. The summed E-state index contributed by atoms with van der Waals surface area (Å²) in [6.07, 6.45) is -2.85. The van der Waals surface area contributed by atoms with Gasteiger partial charge in [0.05, 0.1) is 31.0 Å². The van der Waals surface area contributed by atoms with E-state index in [1.165, 1.54) is 17.4 Å². The lowest BCUT2D eigenvalue weighted by molar-refractivity contribution is -0.145. The van der Waals surface area contributed by atoms with Crippen LogP contribution in [-0.4, -0.2) is 35.3 Å². The monoisotopic (exact) mass is 397 g/mol. The second-order valence-corrected chi connectivity index (χ2v) is 7.35. The molecule has 0 N–H and O–H groups in total. The van der Waals surface area contributed by atoms with Crippen molar-refractivity contribution in [3.05, 3.63) is 39.7 Å². The zero-order valence-electron chi connectivity index (χ0n) is 14.8. The zero-order valence-corrected chi connectivity index (χ0v) is 15.6. The van der Waals surface area contributed by atoms with Gasteiger partial charge in [0.25, 0.3) is 0 Å². The van der Waals surface area contributed by atoms with Gasteiger partial charge in [-0.25, -0.2) is 4.98 Å². The van der Waals surface area contributed by atoms with Gasteiger partial charge in [0.1, 0.15) is 10.9 Å². The van der Waals surface area contributed by atoms with Gasteiger partial charge < -0.3 is 4.74 Å². The molecule has 1 aromatic heterocycles. The lowest BCUT2D eigenvalue weighted by Crippen LogP contribution is -2.25. The third-order valence-electron chi connectivity index (χ3n) is 4.03. The molecular formula is C18H18F3N3O2S. The molecule has 0 aliphatic carbocycles. The predicted molar refractivity (Wildman–Crippen MR) is 96.3 cm³/mol. The van der Waals surface area contributed by atoms with Crippen molar-refractivity contribution in [3.8, 4) is 11.3 Å². The standard InChI is InChI=1S/C18H18F3N3O2S/c1-3-26-17(25)13-8-22-24(9-13)10-15-23-16(11(2)27-15)12-5-4-6-14(7-12)18(19,20)21/h4-8,13H,3,9-10H2,1-2H3. The maximum Gasteiger partial charge on any atom is 0.416 e. The van der Waals surface area contributed by atoms with Crippen LogP contribution in [0, 0.1) is 12.8 Å². The van der Waals surface area contributed by atoms with Gasteiger partial charge in [-0.05, 0) is 26.0 Å².